The molecule has 4 rings (SSSR count). The van der Waals surface area contributed by atoms with Crippen LogP contribution in [0, 0.1) is 0 Å². The Morgan fingerprint density at radius 2 is 2.14 bits per heavy atom. The number of hydrogen-bond acceptors (Lipinski definition) is 1. The highest BCUT2D eigenvalue weighted by Gasteiger charge is 2.42. The first-order valence-electron chi connectivity index (χ1n) is 4.88. The molecule has 1 aromatic heterocycles. The van der Waals surface area contributed by atoms with Crippen LogP contribution in [0.3, 0.4) is 0 Å². The number of epoxide rings is 1. The van der Waals surface area contributed by atoms with Crippen molar-refractivity contribution in [1.29, 1.82) is 0 Å². The van der Waals surface area contributed by atoms with Gasteiger partial charge in [-0.25, -0.2) is 0 Å². The zero-order chi connectivity index (χ0) is 9.12. The molecule has 0 radical (unpaired) electrons. The van der Waals surface area contributed by atoms with Crippen molar-refractivity contribution in [3.8, 4) is 0 Å². The maximum absolute atomic E-state index is 5.59. The first-order chi connectivity index (χ1) is 6.93. The zero-order valence-electron chi connectivity index (χ0n) is 7.53. The maximum atomic E-state index is 5.59. The molecule has 68 valence electrons. The average Bonchev–Trinajstić information content (AvgIpc) is 2.92. The van der Waals surface area contributed by atoms with Crippen molar-refractivity contribution in [2.24, 2.45) is 0 Å². The fourth-order valence-corrected chi connectivity index (χ4v) is 3.83. The predicted octanol–water partition coefficient (Wildman–Crippen LogP) is 3.34. The second-order valence-electron chi connectivity index (χ2n) is 3.88. The van der Waals surface area contributed by atoms with Crippen molar-refractivity contribution in [3.05, 3.63) is 41.2 Å². The highest BCUT2D eigenvalue weighted by atomic mass is 31.0. The zero-order valence-corrected chi connectivity index (χ0v) is 8.53. The minimum Gasteiger partial charge on any atom is -0.360 e. The minimum absolute atomic E-state index is 0.399. The summed E-state index contributed by atoms with van der Waals surface area (Å²) in [6.07, 6.45) is 5.24. The van der Waals surface area contributed by atoms with Crippen LogP contribution in [0.5, 0.6) is 0 Å². The van der Waals surface area contributed by atoms with E-state index in [4.69, 9.17) is 4.74 Å². The molecule has 1 aliphatic heterocycles. The lowest BCUT2D eigenvalue weighted by atomic mass is 10.0. The summed E-state index contributed by atoms with van der Waals surface area (Å²) in [5.41, 5.74) is 1.43. The van der Waals surface area contributed by atoms with Gasteiger partial charge in [-0.15, -0.1) is 8.19 Å². The first-order valence-corrected chi connectivity index (χ1v) is 5.88. The number of fused-ring (bicyclic) bond motifs is 5. The first kappa shape index (κ1) is 7.28. The van der Waals surface area contributed by atoms with E-state index in [0.717, 1.165) is 8.19 Å². The Morgan fingerprint density at radius 3 is 3.14 bits per heavy atom. The van der Waals surface area contributed by atoms with Gasteiger partial charge in [-0.05, 0) is 16.1 Å². The van der Waals surface area contributed by atoms with Crippen molar-refractivity contribution >= 4 is 24.8 Å². The summed E-state index contributed by atoms with van der Waals surface area (Å²) in [6.45, 7) is 0. The summed E-state index contributed by atoms with van der Waals surface area (Å²) in [4.78, 5) is 0. The molecule has 0 amide bonds. The van der Waals surface area contributed by atoms with Gasteiger partial charge in [0.05, 0.1) is 0 Å². The van der Waals surface area contributed by atoms with Crippen LogP contribution in [0.2, 0.25) is 0 Å². The van der Waals surface area contributed by atoms with E-state index in [2.05, 4.69) is 36.4 Å². The van der Waals surface area contributed by atoms with Gasteiger partial charge in [0.1, 0.15) is 12.2 Å². The Hall–Kier alpha value is -1.04. The van der Waals surface area contributed by atoms with Crippen LogP contribution in [-0.2, 0) is 4.74 Å². The molecular formula is C12H9OP. The largest absolute Gasteiger partial charge is 0.360 e. The van der Waals surface area contributed by atoms with Gasteiger partial charge in [-0.3, -0.25) is 0 Å². The van der Waals surface area contributed by atoms with E-state index in [9.17, 15) is 0 Å². The van der Waals surface area contributed by atoms with E-state index in [1.165, 1.54) is 21.4 Å². The lowest BCUT2D eigenvalue weighted by molar-refractivity contribution is 0.397. The molecule has 0 bridgehead atoms. The van der Waals surface area contributed by atoms with Crippen LogP contribution in [0.4, 0.5) is 0 Å². The van der Waals surface area contributed by atoms with Gasteiger partial charge in [0, 0.05) is 5.30 Å². The van der Waals surface area contributed by atoms with Crippen molar-refractivity contribution in [2.45, 2.75) is 12.2 Å². The Kier molecular flexibility index (Phi) is 1.20. The quantitative estimate of drug-likeness (QED) is 0.594. The summed E-state index contributed by atoms with van der Waals surface area (Å²) in [5, 5.41) is 4.43. The summed E-state index contributed by atoms with van der Waals surface area (Å²) < 4.78 is 5.59. The second kappa shape index (κ2) is 2.31. The normalized spacial score (nSPS) is 28.0. The third-order valence-corrected chi connectivity index (χ3v) is 4.57. The molecule has 0 N–H and O–H groups in total. The van der Waals surface area contributed by atoms with Crippen LogP contribution in [0.25, 0.3) is 16.6 Å². The van der Waals surface area contributed by atoms with Gasteiger partial charge in [0.15, 0.2) is 0 Å². The monoisotopic (exact) mass is 200 g/mol. The molecule has 2 heterocycles. The van der Waals surface area contributed by atoms with Gasteiger partial charge in [0.25, 0.3) is 0 Å². The van der Waals surface area contributed by atoms with E-state index in [-0.39, 0.29) is 0 Å². The lowest BCUT2D eigenvalue weighted by Gasteiger charge is -1.99. The number of benzene rings is 1. The van der Waals surface area contributed by atoms with Gasteiger partial charge >= 0.3 is 0 Å². The second-order valence-corrected chi connectivity index (χ2v) is 5.21. The number of rotatable bonds is 0. The van der Waals surface area contributed by atoms with Gasteiger partial charge in [-0.2, -0.15) is 0 Å². The summed E-state index contributed by atoms with van der Waals surface area (Å²) in [5.74, 6) is 0. The Morgan fingerprint density at radius 1 is 1.21 bits per heavy atom. The maximum Gasteiger partial charge on any atom is 0.117 e. The van der Waals surface area contributed by atoms with E-state index in [0.29, 0.717) is 12.2 Å². The molecule has 2 aromatic rings. The molecular weight excluding hydrogens is 191 g/mol. The summed E-state index contributed by atoms with van der Waals surface area (Å²) in [7, 11) is 0.835. The van der Waals surface area contributed by atoms with Crippen LogP contribution in [0.1, 0.15) is 17.0 Å². The average molecular weight is 200 g/mol. The highest BCUT2D eigenvalue weighted by molar-refractivity contribution is 7.38. The predicted molar refractivity (Wildman–Crippen MR) is 60.1 cm³/mol. The van der Waals surface area contributed by atoms with Crippen LogP contribution in [-0.4, -0.2) is 6.10 Å². The highest BCUT2D eigenvalue weighted by Crippen LogP contribution is 2.52. The topological polar surface area (TPSA) is 12.5 Å². The summed E-state index contributed by atoms with van der Waals surface area (Å²) in [6, 6.07) is 8.70. The van der Waals surface area contributed by atoms with Crippen molar-refractivity contribution in [3.63, 3.8) is 0 Å². The van der Waals surface area contributed by atoms with Gasteiger partial charge < -0.3 is 4.74 Å². The molecule has 0 spiro atoms. The fourth-order valence-electron chi connectivity index (χ4n) is 2.28. The van der Waals surface area contributed by atoms with Crippen molar-refractivity contribution < 1.29 is 4.74 Å². The fraction of sp³-hybridized carbons (Fsp3) is 0.167. The Balaban J connectivity index is 2.14. The molecule has 3 unspecified atom stereocenters. The van der Waals surface area contributed by atoms with E-state index in [1.807, 2.05) is 0 Å². The molecule has 1 aromatic carbocycles. The molecule has 0 saturated carbocycles. The van der Waals surface area contributed by atoms with Gasteiger partial charge in [0.2, 0.25) is 0 Å². The van der Waals surface area contributed by atoms with E-state index in [1.54, 1.807) is 0 Å². The SMILES string of the molecule is C1=CC2OC2c2[pH]c3ccccc3c21. The minimum atomic E-state index is 0.399. The smallest absolute Gasteiger partial charge is 0.117 e. The van der Waals surface area contributed by atoms with Gasteiger partial charge in [-0.1, -0.05) is 36.4 Å². The number of ether oxygens (including phenoxy) is 1. The van der Waals surface area contributed by atoms with Crippen LogP contribution < -0.4 is 0 Å². The molecule has 2 heteroatoms. The summed E-state index contributed by atoms with van der Waals surface area (Å²) >= 11 is 0. The van der Waals surface area contributed by atoms with E-state index >= 15 is 0 Å². The van der Waals surface area contributed by atoms with Crippen LogP contribution >= 0.6 is 8.19 Å². The third kappa shape index (κ3) is 0.796. The van der Waals surface area contributed by atoms with E-state index < -0.39 is 0 Å². The molecule has 3 atom stereocenters. The third-order valence-electron chi connectivity index (χ3n) is 3.04. The van der Waals surface area contributed by atoms with Crippen molar-refractivity contribution in [2.75, 3.05) is 0 Å². The van der Waals surface area contributed by atoms with Crippen molar-refractivity contribution in [1.82, 2.24) is 0 Å². The molecule has 14 heavy (non-hydrogen) atoms. The van der Waals surface area contributed by atoms with Crippen LogP contribution in [0.15, 0.2) is 30.3 Å². The molecule has 1 saturated heterocycles. The standard InChI is InChI=1S/C12H9OP/c1-2-4-10-7(3-1)8-5-6-9-11(13-9)12(8)14-10/h1-6,9,11,14H. The molecule has 1 fully saturated rings. The molecule has 2 aliphatic rings. The Bertz CT molecular complexity index is 552. The number of hydrogen-bond donors (Lipinski definition) is 0. The Labute approximate surface area is 83.5 Å². The molecule has 1 nitrogen and oxygen atoms in total. The molecule has 1 aliphatic carbocycles. The lowest BCUT2D eigenvalue weighted by Crippen LogP contribution is -1.88.